The number of alkyl halides is 6. The molecule has 0 aromatic heterocycles. The Balaban J connectivity index is 1.55. The first-order valence-corrected chi connectivity index (χ1v) is 13.7. The van der Waals surface area contributed by atoms with Crippen LogP contribution < -0.4 is 10.1 Å². The molecule has 0 spiro atoms. The first-order valence-electron chi connectivity index (χ1n) is 12.4. The molecular weight excluding hydrogens is 634 g/mol. The van der Waals surface area contributed by atoms with Gasteiger partial charge in [-0.1, -0.05) is 30.0 Å². The Bertz CT molecular complexity index is 1640. The van der Waals surface area contributed by atoms with Crippen molar-refractivity contribution in [1.29, 1.82) is 0 Å². The second kappa shape index (κ2) is 12.7. The maximum atomic E-state index is 13.5. The molecule has 2 N–H and O–H groups in total. The number of carbonyl (C=O) groups excluding carboxylic acids is 2. The minimum Gasteiger partial charge on any atom is -0.496 e. The van der Waals surface area contributed by atoms with Gasteiger partial charge in [0.05, 0.1) is 28.7 Å². The molecule has 1 aliphatic rings. The molecule has 44 heavy (non-hydrogen) atoms. The van der Waals surface area contributed by atoms with Crippen LogP contribution in [0, 0.1) is 0 Å². The second-order valence-corrected chi connectivity index (χ2v) is 10.9. The molecule has 3 aromatic rings. The highest BCUT2D eigenvalue weighted by Gasteiger charge is 2.37. The van der Waals surface area contributed by atoms with Crippen molar-refractivity contribution in [3.63, 3.8) is 0 Å². The minimum atomic E-state index is -5.04. The molecule has 0 radical (unpaired) electrons. The van der Waals surface area contributed by atoms with Crippen LogP contribution in [0.4, 0.5) is 32.0 Å². The Morgan fingerprint density at radius 3 is 2.14 bits per heavy atom. The molecule has 230 valence electrons. The van der Waals surface area contributed by atoms with E-state index in [1.165, 1.54) is 60.6 Å². The van der Waals surface area contributed by atoms with E-state index in [1.54, 1.807) is 0 Å². The van der Waals surface area contributed by atoms with E-state index in [4.69, 9.17) is 22.1 Å². The van der Waals surface area contributed by atoms with Crippen LogP contribution in [0.25, 0.3) is 17.2 Å². The van der Waals surface area contributed by atoms with Gasteiger partial charge < -0.3 is 15.2 Å². The van der Waals surface area contributed by atoms with Crippen molar-refractivity contribution in [2.75, 3.05) is 19.0 Å². The van der Waals surface area contributed by atoms with Crippen molar-refractivity contribution in [3.8, 4) is 16.9 Å². The number of carboxylic acid groups (broad SMARTS) is 1. The summed E-state index contributed by atoms with van der Waals surface area (Å²) < 4.78 is 86.1. The normalized spacial score (nSPS) is 14.7. The predicted octanol–water partition coefficient (Wildman–Crippen LogP) is 7.33. The van der Waals surface area contributed by atoms with E-state index in [1.807, 2.05) is 0 Å². The number of thioether (sulfide) groups is 1. The molecule has 0 atom stereocenters. The van der Waals surface area contributed by atoms with Gasteiger partial charge in [-0.25, -0.2) is 4.79 Å². The first-order chi connectivity index (χ1) is 20.6. The van der Waals surface area contributed by atoms with Crippen LogP contribution >= 0.6 is 24.0 Å². The number of hydrogen-bond acceptors (Lipinski definition) is 6. The second-order valence-electron chi connectivity index (χ2n) is 9.27. The number of ether oxygens (including phenoxy) is 1. The number of carboxylic acids is 1. The molecule has 15 heteroatoms. The lowest BCUT2D eigenvalue weighted by Gasteiger charge is -2.16. The quantitative estimate of drug-likeness (QED) is 0.149. The number of anilines is 1. The molecule has 1 fully saturated rings. The van der Waals surface area contributed by atoms with Crippen molar-refractivity contribution in [1.82, 2.24) is 4.90 Å². The summed E-state index contributed by atoms with van der Waals surface area (Å²) in [5, 5.41) is 11.6. The fraction of sp³-hybridized carbons (Fsp3) is 0.172. The van der Waals surface area contributed by atoms with E-state index >= 15 is 0 Å². The number of rotatable bonds is 8. The van der Waals surface area contributed by atoms with Gasteiger partial charge >= 0.3 is 18.3 Å². The van der Waals surface area contributed by atoms with E-state index < -0.39 is 46.8 Å². The standard InChI is InChI=1S/C29H20F6N2O5S2/c1-42-22-7-2-15(10-21(22)17-12-18(28(30,31)32)14-19(13-17)29(33,34)35)11-23-25(39)37(27(43)44-23)9-8-24(38)36-20-5-3-16(4-6-20)26(40)41/h2-7,10-14H,8-9H2,1H3,(H,36,38)(H,40,41)/b23-11-. The zero-order chi connectivity index (χ0) is 32.4. The molecule has 0 aliphatic carbocycles. The van der Waals surface area contributed by atoms with E-state index in [2.05, 4.69) is 5.32 Å². The third-order valence-electron chi connectivity index (χ3n) is 6.27. The van der Waals surface area contributed by atoms with Crippen molar-refractivity contribution >= 4 is 57.8 Å². The Morgan fingerprint density at radius 2 is 1.59 bits per heavy atom. The van der Waals surface area contributed by atoms with Crippen molar-refractivity contribution < 1.29 is 50.6 Å². The smallest absolute Gasteiger partial charge is 0.416 e. The summed E-state index contributed by atoms with van der Waals surface area (Å²) in [6.07, 6.45) is -8.86. The molecule has 1 heterocycles. The van der Waals surface area contributed by atoms with Crippen LogP contribution in [0.1, 0.15) is 33.5 Å². The minimum absolute atomic E-state index is 0.00533. The predicted molar refractivity (Wildman–Crippen MR) is 155 cm³/mol. The third kappa shape index (κ3) is 7.58. The number of carbonyl (C=O) groups is 3. The Morgan fingerprint density at radius 1 is 0.977 bits per heavy atom. The maximum absolute atomic E-state index is 13.5. The van der Waals surface area contributed by atoms with Gasteiger partial charge in [0.15, 0.2) is 0 Å². The summed E-state index contributed by atoms with van der Waals surface area (Å²) in [6.45, 7) is -0.0840. The van der Waals surface area contributed by atoms with Crippen molar-refractivity contribution in [3.05, 3.63) is 87.8 Å². The number of halogens is 6. The number of thiocarbonyl (C=S) groups is 1. The Kier molecular flexibility index (Phi) is 9.39. The summed E-state index contributed by atoms with van der Waals surface area (Å²) >= 11 is 6.19. The SMILES string of the molecule is COc1ccc(/C=C2\SC(=S)N(CCC(=O)Nc3ccc(C(=O)O)cc3)C2=O)cc1-c1cc(C(F)(F)F)cc(C(F)(F)F)c1. The molecule has 0 bridgehead atoms. The maximum Gasteiger partial charge on any atom is 0.416 e. The van der Waals surface area contributed by atoms with E-state index in [9.17, 15) is 40.7 Å². The Labute approximate surface area is 255 Å². The highest BCUT2D eigenvalue weighted by Crippen LogP contribution is 2.41. The molecule has 0 saturated carbocycles. The lowest BCUT2D eigenvalue weighted by atomic mass is 9.96. The summed E-state index contributed by atoms with van der Waals surface area (Å²) in [7, 11) is 1.21. The van der Waals surface area contributed by atoms with E-state index in [0.29, 0.717) is 17.8 Å². The molecule has 1 aliphatic heterocycles. The molecule has 7 nitrogen and oxygen atoms in total. The number of nitrogens with zero attached hydrogens (tertiary/aromatic N) is 1. The van der Waals surface area contributed by atoms with Crippen LogP contribution in [0.15, 0.2) is 65.6 Å². The topological polar surface area (TPSA) is 95.9 Å². The van der Waals surface area contributed by atoms with Gasteiger partial charge in [0, 0.05) is 24.2 Å². The highest BCUT2D eigenvalue weighted by molar-refractivity contribution is 8.26. The highest BCUT2D eigenvalue weighted by atomic mass is 32.2. The molecule has 1 saturated heterocycles. The first kappa shape index (κ1) is 32.5. The van der Waals surface area contributed by atoms with Crippen LogP contribution in [-0.4, -0.2) is 45.8 Å². The summed E-state index contributed by atoms with van der Waals surface area (Å²) in [4.78, 5) is 37.7. The fourth-order valence-corrected chi connectivity index (χ4v) is 5.44. The lowest BCUT2D eigenvalue weighted by Crippen LogP contribution is -2.31. The van der Waals surface area contributed by atoms with Crippen LogP contribution in [0.3, 0.4) is 0 Å². The Hall–Kier alpha value is -4.37. The molecule has 4 rings (SSSR count). The number of amides is 2. The van der Waals surface area contributed by atoms with Crippen LogP contribution in [0.2, 0.25) is 0 Å². The van der Waals surface area contributed by atoms with E-state index in [0.717, 1.165) is 11.8 Å². The number of methoxy groups -OCH3 is 1. The van der Waals surface area contributed by atoms with Gasteiger partial charge in [-0.15, -0.1) is 0 Å². The molecular formula is C29H20F6N2O5S2. The average molecular weight is 655 g/mol. The lowest BCUT2D eigenvalue weighted by molar-refractivity contribution is -0.143. The van der Waals surface area contributed by atoms with E-state index in [-0.39, 0.29) is 50.7 Å². The largest absolute Gasteiger partial charge is 0.496 e. The number of aromatic carboxylic acids is 1. The van der Waals surface area contributed by atoms with Gasteiger partial charge in [0.2, 0.25) is 5.91 Å². The number of nitrogens with one attached hydrogen (secondary N) is 1. The van der Waals surface area contributed by atoms with Gasteiger partial charge in [-0.3, -0.25) is 14.5 Å². The van der Waals surface area contributed by atoms with Crippen LogP contribution in [0.5, 0.6) is 5.75 Å². The summed E-state index contributed by atoms with van der Waals surface area (Å²) in [5.41, 5.74) is -2.78. The average Bonchev–Trinajstić information content (AvgIpc) is 3.22. The van der Waals surface area contributed by atoms with Gasteiger partial charge in [0.25, 0.3) is 5.91 Å². The zero-order valence-corrected chi connectivity index (χ0v) is 24.0. The van der Waals surface area contributed by atoms with Gasteiger partial charge in [-0.2, -0.15) is 26.3 Å². The zero-order valence-electron chi connectivity index (χ0n) is 22.4. The molecule has 3 aromatic carbocycles. The van der Waals surface area contributed by atoms with Gasteiger partial charge in [0.1, 0.15) is 10.1 Å². The van der Waals surface area contributed by atoms with Crippen molar-refractivity contribution in [2.45, 2.75) is 18.8 Å². The number of hydrogen-bond donors (Lipinski definition) is 2. The third-order valence-corrected chi connectivity index (χ3v) is 7.65. The van der Waals surface area contributed by atoms with Crippen LogP contribution in [-0.2, 0) is 21.9 Å². The summed E-state index contributed by atoms with van der Waals surface area (Å²) in [6, 6.07) is 10.8. The fourth-order valence-electron chi connectivity index (χ4n) is 4.13. The molecule has 0 unspecified atom stereocenters. The van der Waals surface area contributed by atoms with Crippen molar-refractivity contribution in [2.24, 2.45) is 0 Å². The monoisotopic (exact) mass is 654 g/mol. The summed E-state index contributed by atoms with van der Waals surface area (Å²) in [5.74, 6) is -2.13. The number of benzene rings is 3. The molecule has 2 amide bonds. The van der Waals surface area contributed by atoms with Gasteiger partial charge in [-0.05, 0) is 71.8 Å².